The lowest BCUT2D eigenvalue weighted by atomic mass is 10.0. The van der Waals surface area contributed by atoms with Gasteiger partial charge in [-0.25, -0.2) is 13.6 Å². The van der Waals surface area contributed by atoms with Crippen molar-refractivity contribution >= 4 is 28.5 Å². The predicted octanol–water partition coefficient (Wildman–Crippen LogP) is 4.35. The number of amides is 1. The first kappa shape index (κ1) is 20.7. The van der Waals surface area contributed by atoms with Crippen LogP contribution in [0.5, 0.6) is 0 Å². The fraction of sp³-hybridized carbons (Fsp3) is 0.261. The van der Waals surface area contributed by atoms with Gasteiger partial charge >= 0.3 is 5.97 Å². The van der Waals surface area contributed by atoms with E-state index in [9.17, 15) is 18.8 Å². The summed E-state index contributed by atoms with van der Waals surface area (Å²) >= 11 is 0. The Morgan fingerprint density at radius 3 is 2.45 bits per heavy atom. The quantitative estimate of drug-likeness (QED) is 0.616. The molecule has 3 aromatic rings. The Kier molecular flexibility index (Phi) is 5.31. The lowest BCUT2D eigenvalue weighted by Gasteiger charge is -2.18. The maximum atomic E-state index is 15.0. The maximum Gasteiger partial charge on any atom is 0.343 e. The second-order valence-electron chi connectivity index (χ2n) is 7.40. The molecule has 0 aliphatic heterocycles. The smallest absolute Gasteiger partial charge is 0.343 e. The Morgan fingerprint density at radius 1 is 1.16 bits per heavy atom. The minimum Gasteiger partial charge on any atom is -0.462 e. The van der Waals surface area contributed by atoms with Gasteiger partial charge in [0.15, 0.2) is 11.6 Å². The SMILES string of the molecule is CCOC(=O)c1cn(C2CC2)c2c(C)c(F)c(F)c(NC(=O)c3ccccc3)c2c1=O. The van der Waals surface area contributed by atoms with E-state index in [0.717, 1.165) is 12.8 Å². The Labute approximate surface area is 176 Å². The van der Waals surface area contributed by atoms with Gasteiger partial charge in [0.1, 0.15) is 5.56 Å². The minimum atomic E-state index is -1.35. The van der Waals surface area contributed by atoms with Crippen LogP contribution in [0.25, 0.3) is 10.9 Å². The molecule has 1 aromatic heterocycles. The molecule has 1 amide bonds. The molecule has 1 fully saturated rings. The van der Waals surface area contributed by atoms with Crippen molar-refractivity contribution in [2.75, 3.05) is 11.9 Å². The Hall–Kier alpha value is -3.55. The van der Waals surface area contributed by atoms with Crippen molar-refractivity contribution in [2.45, 2.75) is 32.7 Å². The fourth-order valence-corrected chi connectivity index (χ4v) is 3.62. The van der Waals surface area contributed by atoms with E-state index in [0.29, 0.717) is 0 Å². The normalized spacial score (nSPS) is 13.3. The zero-order valence-corrected chi connectivity index (χ0v) is 17.0. The van der Waals surface area contributed by atoms with E-state index in [1.54, 1.807) is 29.7 Å². The lowest BCUT2D eigenvalue weighted by Crippen LogP contribution is -2.24. The number of anilines is 1. The topological polar surface area (TPSA) is 77.4 Å². The van der Waals surface area contributed by atoms with E-state index in [-0.39, 0.29) is 40.2 Å². The molecule has 1 N–H and O–H groups in total. The zero-order chi connectivity index (χ0) is 22.3. The summed E-state index contributed by atoms with van der Waals surface area (Å²) in [6.45, 7) is 3.02. The number of nitrogens with one attached hydrogen (secondary N) is 1. The van der Waals surface area contributed by atoms with Gasteiger partial charge in [0.25, 0.3) is 5.91 Å². The number of benzene rings is 2. The van der Waals surface area contributed by atoms with E-state index in [1.807, 2.05) is 0 Å². The molecule has 8 heteroatoms. The molecule has 0 radical (unpaired) electrons. The molecule has 160 valence electrons. The Bertz CT molecular complexity index is 1260. The van der Waals surface area contributed by atoms with E-state index in [2.05, 4.69) is 5.32 Å². The number of pyridine rings is 1. The van der Waals surface area contributed by atoms with Crippen molar-refractivity contribution in [1.29, 1.82) is 0 Å². The third kappa shape index (κ3) is 3.58. The average molecular weight is 426 g/mol. The standard InChI is InChI=1S/C23H20F2N2O4/c1-3-31-23(30)15-11-27(14-9-10-14)20-12(2)17(24)18(25)19(16(20)21(15)28)26-22(29)13-7-5-4-6-8-13/h4-8,11,14H,3,9-10H2,1-2H3,(H,26,29). The molecule has 1 aliphatic carbocycles. The highest BCUT2D eigenvalue weighted by atomic mass is 19.2. The summed E-state index contributed by atoms with van der Waals surface area (Å²) in [6, 6.07) is 7.91. The summed E-state index contributed by atoms with van der Waals surface area (Å²) in [5.74, 6) is -4.07. The van der Waals surface area contributed by atoms with Crippen molar-refractivity contribution < 1.29 is 23.1 Å². The first-order chi connectivity index (χ1) is 14.8. The highest BCUT2D eigenvalue weighted by Gasteiger charge is 2.31. The molecule has 0 saturated heterocycles. The Morgan fingerprint density at radius 2 is 1.84 bits per heavy atom. The van der Waals surface area contributed by atoms with Crippen LogP contribution in [0.15, 0.2) is 41.3 Å². The maximum absolute atomic E-state index is 15.0. The van der Waals surface area contributed by atoms with Gasteiger partial charge in [-0.05, 0) is 38.8 Å². The number of fused-ring (bicyclic) bond motifs is 1. The van der Waals surface area contributed by atoms with Crippen LogP contribution < -0.4 is 10.7 Å². The summed E-state index contributed by atoms with van der Waals surface area (Å²) in [5.41, 5.74) is -1.40. The van der Waals surface area contributed by atoms with Crippen LogP contribution in [0.3, 0.4) is 0 Å². The van der Waals surface area contributed by atoms with Gasteiger partial charge in [0.05, 0.1) is 23.2 Å². The number of halogens is 2. The summed E-state index contributed by atoms with van der Waals surface area (Å²) in [5, 5.41) is 2.09. The third-order valence-electron chi connectivity index (χ3n) is 5.29. The van der Waals surface area contributed by atoms with Crippen molar-refractivity contribution in [1.82, 2.24) is 4.57 Å². The molecule has 0 spiro atoms. The van der Waals surface area contributed by atoms with Gasteiger partial charge < -0.3 is 14.6 Å². The van der Waals surface area contributed by atoms with Crippen molar-refractivity contribution in [3.05, 3.63) is 75.1 Å². The first-order valence-corrected chi connectivity index (χ1v) is 9.95. The number of hydrogen-bond donors (Lipinski definition) is 1. The van der Waals surface area contributed by atoms with Gasteiger partial charge in [-0.15, -0.1) is 0 Å². The van der Waals surface area contributed by atoms with Crippen LogP contribution in [-0.2, 0) is 4.74 Å². The third-order valence-corrected chi connectivity index (χ3v) is 5.29. The van der Waals surface area contributed by atoms with Crippen LogP contribution in [0, 0.1) is 18.6 Å². The van der Waals surface area contributed by atoms with E-state index in [1.165, 1.54) is 25.3 Å². The summed E-state index contributed by atoms with van der Waals surface area (Å²) in [6.07, 6.45) is 2.88. The number of aryl methyl sites for hydroxylation is 1. The molecule has 0 atom stereocenters. The number of carbonyl (C=O) groups excluding carboxylic acids is 2. The molecule has 6 nitrogen and oxygen atoms in total. The van der Waals surface area contributed by atoms with Gasteiger partial charge in [-0.2, -0.15) is 0 Å². The molecule has 1 saturated carbocycles. The first-order valence-electron chi connectivity index (χ1n) is 9.95. The predicted molar refractivity (Wildman–Crippen MR) is 111 cm³/mol. The van der Waals surface area contributed by atoms with Crippen molar-refractivity contribution in [3.63, 3.8) is 0 Å². The summed E-state index contributed by atoms with van der Waals surface area (Å²) in [4.78, 5) is 38.3. The molecule has 1 heterocycles. The van der Waals surface area contributed by atoms with E-state index >= 15 is 4.39 Å². The molecule has 0 unspecified atom stereocenters. The van der Waals surface area contributed by atoms with Crippen LogP contribution in [0.1, 0.15) is 52.1 Å². The molecule has 0 bridgehead atoms. The summed E-state index contributed by atoms with van der Waals surface area (Å²) in [7, 11) is 0. The fourth-order valence-electron chi connectivity index (χ4n) is 3.62. The molecule has 2 aromatic carbocycles. The monoisotopic (exact) mass is 426 g/mol. The largest absolute Gasteiger partial charge is 0.462 e. The number of nitrogens with zero attached hydrogens (tertiary/aromatic N) is 1. The van der Waals surface area contributed by atoms with Crippen molar-refractivity contribution in [2.24, 2.45) is 0 Å². The number of aromatic nitrogens is 1. The van der Waals surface area contributed by atoms with Gasteiger partial charge in [0.2, 0.25) is 5.43 Å². The highest BCUT2D eigenvalue weighted by Crippen LogP contribution is 2.40. The number of hydrogen-bond acceptors (Lipinski definition) is 4. The highest BCUT2D eigenvalue weighted by molar-refractivity contribution is 6.10. The molecular weight excluding hydrogens is 406 g/mol. The minimum absolute atomic E-state index is 0.0497. The van der Waals surface area contributed by atoms with Crippen LogP contribution in [0.2, 0.25) is 0 Å². The van der Waals surface area contributed by atoms with Crippen LogP contribution >= 0.6 is 0 Å². The lowest BCUT2D eigenvalue weighted by molar-refractivity contribution is 0.0524. The Balaban J connectivity index is 2.02. The van der Waals surface area contributed by atoms with Crippen LogP contribution in [-0.4, -0.2) is 23.1 Å². The molecule has 4 rings (SSSR count). The van der Waals surface area contributed by atoms with Gasteiger partial charge in [-0.3, -0.25) is 9.59 Å². The number of rotatable bonds is 5. The molecule has 31 heavy (non-hydrogen) atoms. The van der Waals surface area contributed by atoms with Gasteiger partial charge in [0, 0.05) is 23.4 Å². The number of ether oxygens (including phenoxy) is 1. The molecular formula is C23H20F2N2O4. The zero-order valence-electron chi connectivity index (χ0n) is 17.0. The second kappa shape index (κ2) is 7.94. The van der Waals surface area contributed by atoms with E-state index in [4.69, 9.17) is 4.74 Å². The average Bonchev–Trinajstić information content (AvgIpc) is 3.61. The second-order valence-corrected chi connectivity index (χ2v) is 7.40. The number of carbonyl (C=O) groups is 2. The molecule has 1 aliphatic rings. The van der Waals surface area contributed by atoms with E-state index < -0.39 is 34.6 Å². The van der Waals surface area contributed by atoms with Gasteiger partial charge in [-0.1, -0.05) is 18.2 Å². The van der Waals surface area contributed by atoms with Crippen LogP contribution in [0.4, 0.5) is 14.5 Å². The number of esters is 1. The summed E-state index contributed by atoms with van der Waals surface area (Å²) < 4.78 is 36.4. The van der Waals surface area contributed by atoms with Crippen molar-refractivity contribution in [3.8, 4) is 0 Å².